The molecule has 0 radical (unpaired) electrons. The fraction of sp³-hybridized carbons (Fsp3) is 0.600. The van der Waals surface area contributed by atoms with Gasteiger partial charge in [-0.2, -0.15) is 0 Å². The molecule has 112 valence electrons. The first kappa shape index (κ1) is 16.4. The quantitative estimate of drug-likeness (QED) is 0.834. The number of nitrogens with two attached hydrogens (primary N) is 1. The van der Waals surface area contributed by atoms with Gasteiger partial charge in [0.1, 0.15) is 5.82 Å². The molecule has 1 amide bonds. The highest BCUT2D eigenvalue weighted by molar-refractivity contribution is 5.98. The van der Waals surface area contributed by atoms with Crippen LogP contribution in [0.25, 0.3) is 0 Å². The molecule has 1 aromatic rings. The minimum absolute atomic E-state index is 0.0391. The first-order valence-corrected chi connectivity index (χ1v) is 6.94. The number of carbonyl (C=O) groups is 1. The number of anilines is 1. The van der Waals surface area contributed by atoms with Crippen LogP contribution in [0.15, 0.2) is 18.3 Å². The van der Waals surface area contributed by atoms with Gasteiger partial charge in [-0.05, 0) is 37.9 Å². The van der Waals surface area contributed by atoms with Gasteiger partial charge in [0, 0.05) is 25.8 Å². The van der Waals surface area contributed by atoms with Gasteiger partial charge >= 0.3 is 0 Å². The van der Waals surface area contributed by atoms with Gasteiger partial charge in [-0.1, -0.05) is 13.8 Å². The molecule has 20 heavy (non-hydrogen) atoms. The lowest BCUT2D eigenvalue weighted by molar-refractivity contribution is 0.0741. The predicted octanol–water partition coefficient (Wildman–Crippen LogP) is 1.96. The highest BCUT2D eigenvalue weighted by Gasteiger charge is 2.23. The Hall–Kier alpha value is -1.62. The SMILES string of the molecule is CC(C)Nc1ncccc1C(=O)N(C)CC(C)(C)CN. The highest BCUT2D eigenvalue weighted by atomic mass is 16.2. The molecule has 1 heterocycles. The van der Waals surface area contributed by atoms with Crippen molar-refractivity contribution in [3.8, 4) is 0 Å². The van der Waals surface area contributed by atoms with Crippen LogP contribution in [0.2, 0.25) is 0 Å². The van der Waals surface area contributed by atoms with E-state index in [1.807, 2.05) is 27.7 Å². The topological polar surface area (TPSA) is 71.2 Å². The van der Waals surface area contributed by atoms with Gasteiger partial charge in [-0.25, -0.2) is 4.98 Å². The zero-order valence-corrected chi connectivity index (χ0v) is 13.1. The average molecular weight is 278 g/mol. The minimum atomic E-state index is -0.0989. The molecule has 0 aliphatic rings. The molecule has 0 aliphatic carbocycles. The second-order valence-corrected chi connectivity index (χ2v) is 6.23. The summed E-state index contributed by atoms with van der Waals surface area (Å²) in [6.07, 6.45) is 1.69. The van der Waals surface area contributed by atoms with E-state index in [-0.39, 0.29) is 17.4 Å². The molecule has 0 bridgehead atoms. The maximum Gasteiger partial charge on any atom is 0.257 e. The van der Waals surface area contributed by atoms with Crippen molar-refractivity contribution in [3.05, 3.63) is 23.9 Å². The number of pyridine rings is 1. The largest absolute Gasteiger partial charge is 0.367 e. The van der Waals surface area contributed by atoms with Crippen LogP contribution in [0.4, 0.5) is 5.82 Å². The van der Waals surface area contributed by atoms with E-state index in [4.69, 9.17) is 5.73 Å². The van der Waals surface area contributed by atoms with Crippen LogP contribution < -0.4 is 11.1 Å². The number of amides is 1. The molecule has 0 saturated carbocycles. The lowest BCUT2D eigenvalue weighted by atomic mass is 9.93. The van der Waals surface area contributed by atoms with Crippen LogP contribution in [-0.4, -0.2) is 42.0 Å². The number of carbonyl (C=O) groups excluding carboxylic acids is 1. The summed E-state index contributed by atoms with van der Waals surface area (Å²) in [7, 11) is 1.80. The normalized spacial score (nSPS) is 11.6. The Bertz CT molecular complexity index is 457. The molecule has 0 saturated heterocycles. The lowest BCUT2D eigenvalue weighted by Crippen LogP contribution is -2.40. The molecule has 0 spiro atoms. The third-order valence-electron chi connectivity index (χ3n) is 3.03. The average Bonchev–Trinajstić information content (AvgIpc) is 2.37. The van der Waals surface area contributed by atoms with E-state index in [1.54, 1.807) is 30.3 Å². The standard InChI is InChI=1S/C15H26N4O/c1-11(2)18-13-12(7-6-8-17-13)14(20)19(5)10-15(3,4)9-16/h6-8,11H,9-10,16H2,1-5H3,(H,17,18). The Morgan fingerprint density at radius 3 is 2.70 bits per heavy atom. The maximum atomic E-state index is 12.5. The van der Waals surface area contributed by atoms with Gasteiger partial charge in [0.2, 0.25) is 0 Å². The molecule has 0 atom stereocenters. The van der Waals surface area contributed by atoms with E-state index in [2.05, 4.69) is 10.3 Å². The number of hydrogen-bond acceptors (Lipinski definition) is 4. The van der Waals surface area contributed by atoms with Crippen molar-refractivity contribution in [1.82, 2.24) is 9.88 Å². The minimum Gasteiger partial charge on any atom is -0.367 e. The van der Waals surface area contributed by atoms with E-state index in [0.29, 0.717) is 24.5 Å². The first-order chi connectivity index (χ1) is 9.26. The van der Waals surface area contributed by atoms with E-state index >= 15 is 0 Å². The smallest absolute Gasteiger partial charge is 0.257 e. The molecule has 0 aromatic carbocycles. The van der Waals surface area contributed by atoms with Crippen molar-refractivity contribution in [2.45, 2.75) is 33.7 Å². The first-order valence-electron chi connectivity index (χ1n) is 6.94. The van der Waals surface area contributed by atoms with Crippen molar-refractivity contribution in [2.24, 2.45) is 11.1 Å². The van der Waals surface area contributed by atoms with Crippen LogP contribution in [0.1, 0.15) is 38.1 Å². The fourth-order valence-corrected chi connectivity index (χ4v) is 1.95. The summed E-state index contributed by atoms with van der Waals surface area (Å²) < 4.78 is 0. The molecular weight excluding hydrogens is 252 g/mol. The van der Waals surface area contributed by atoms with E-state index in [1.165, 1.54) is 0 Å². The summed E-state index contributed by atoms with van der Waals surface area (Å²) in [5.74, 6) is 0.590. The van der Waals surface area contributed by atoms with Gasteiger partial charge in [0.25, 0.3) is 5.91 Å². The number of nitrogens with one attached hydrogen (secondary N) is 1. The van der Waals surface area contributed by atoms with Crippen molar-refractivity contribution in [2.75, 3.05) is 25.5 Å². The van der Waals surface area contributed by atoms with Gasteiger partial charge in [-0.3, -0.25) is 4.79 Å². The number of rotatable bonds is 6. The summed E-state index contributed by atoms with van der Waals surface area (Å²) in [6, 6.07) is 3.80. The Morgan fingerprint density at radius 2 is 2.15 bits per heavy atom. The molecule has 0 unspecified atom stereocenters. The fourth-order valence-electron chi connectivity index (χ4n) is 1.95. The number of nitrogens with zero attached hydrogens (tertiary/aromatic N) is 2. The molecule has 1 rings (SSSR count). The second-order valence-electron chi connectivity index (χ2n) is 6.23. The van der Waals surface area contributed by atoms with Crippen molar-refractivity contribution >= 4 is 11.7 Å². The Labute approximate surface area is 121 Å². The van der Waals surface area contributed by atoms with E-state index in [0.717, 1.165) is 0 Å². The zero-order valence-electron chi connectivity index (χ0n) is 13.1. The summed E-state index contributed by atoms with van der Waals surface area (Å²) in [4.78, 5) is 18.5. The summed E-state index contributed by atoms with van der Waals surface area (Å²) in [5, 5.41) is 3.20. The Kier molecular flexibility index (Phi) is 5.51. The molecule has 3 N–H and O–H groups in total. The molecule has 1 aromatic heterocycles. The van der Waals surface area contributed by atoms with Crippen LogP contribution in [0.3, 0.4) is 0 Å². The van der Waals surface area contributed by atoms with Crippen LogP contribution >= 0.6 is 0 Å². The van der Waals surface area contributed by atoms with Gasteiger partial charge in [0.05, 0.1) is 5.56 Å². The molecule has 0 fully saturated rings. The molecular formula is C15H26N4O. The predicted molar refractivity (Wildman–Crippen MR) is 82.8 cm³/mol. The summed E-state index contributed by atoms with van der Waals surface area (Å²) >= 11 is 0. The van der Waals surface area contributed by atoms with E-state index < -0.39 is 0 Å². The molecule has 5 nitrogen and oxygen atoms in total. The van der Waals surface area contributed by atoms with Crippen molar-refractivity contribution in [1.29, 1.82) is 0 Å². The zero-order chi connectivity index (χ0) is 15.3. The monoisotopic (exact) mass is 278 g/mol. The third kappa shape index (κ3) is 4.49. The molecule has 5 heteroatoms. The second kappa shape index (κ2) is 6.70. The van der Waals surface area contributed by atoms with Crippen molar-refractivity contribution in [3.63, 3.8) is 0 Å². The van der Waals surface area contributed by atoms with Gasteiger partial charge in [-0.15, -0.1) is 0 Å². The number of hydrogen-bond donors (Lipinski definition) is 2. The molecule has 0 aliphatic heterocycles. The maximum absolute atomic E-state index is 12.5. The van der Waals surface area contributed by atoms with Gasteiger partial charge < -0.3 is 16.0 Å². The highest BCUT2D eigenvalue weighted by Crippen LogP contribution is 2.19. The number of aromatic nitrogens is 1. The van der Waals surface area contributed by atoms with E-state index in [9.17, 15) is 4.79 Å². The van der Waals surface area contributed by atoms with Crippen LogP contribution in [0, 0.1) is 5.41 Å². The lowest BCUT2D eigenvalue weighted by Gasteiger charge is -2.29. The summed E-state index contributed by atoms with van der Waals surface area (Å²) in [6.45, 7) is 9.28. The van der Waals surface area contributed by atoms with Crippen molar-refractivity contribution < 1.29 is 4.79 Å². The van der Waals surface area contributed by atoms with Gasteiger partial charge in [0.15, 0.2) is 0 Å². The summed E-state index contributed by atoms with van der Waals surface area (Å²) in [5.41, 5.74) is 6.22. The van der Waals surface area contributed by atoms with Crippen LogP contribution in [-0.2, 0) is 0 Å². The Morgan fingerprint density at radius 1 is 1.50 bits per heavy atom. The Balaban J connectivity index is 2.91. The van der Waals surface area contributed by atoms with Crippen LogP contribution in [0.5, 0.6) is 0 Å². The third-order valence-corrected chi connectivity index (χ3v) is 3.03.